The predicted octanol–water partition coefficient (Wildman–Crippen LogP) is 5.67. The molecule has 0 saturated heterocycles. The van der Waals surface area contributed by atoms with E-state index >= 15 is 0 Å². The highest BCUT2D eigenvalue weighted by atomic mass is 35.5. The second-order valence-electron chi connectivity index (χ2n) is 6.47. The highest BCUT2D eigenvalue weighted by Crippen LogP contribution is 2.32. The van der Waals surface area contributed by atoms with Crippen LogP contribution in [0.25, 0.3) is 11.3 Å². The standard InChI is InChI=1S/C23H22ClNO3/c1-2-14-28-22-15-17(24)9-10-18(22)20-13-11-19(23(26)27)21(25-20)12-8-16-6-4-3-5-7-16/h3-7,9-11,13,15H,2,8,12,14H2,1H3,(H,26,27). The normalized spacial score (nSPS) is 10.6. The molecule has 0 atom stereocenters. The first-order valence-corrected chi connectivity index (χ1v) is 9.66. The number of halogens is 1. The molecule has 0 radical (unpaired) electrons. The van der Waals surface area contributed by atoms with Gasteiger partial charge < -0.3 is 9.84 Å². The van der Waals surface area contributed by atoms with E-state index in [1.165, 1.54) is 0 Å². The first kappa shape index (κ1) is 19.9. The number of carbonyl (C=O) groups is 1. The van der Waals surface area contributed by atoms with Crippen molar-refractivity contribution in [3.63, 3.8) is 0 Å². The third-order valence-electron chi connectivity index (χ3n) is 4.38. The van der Waals surface area contributed by atoms with Gasteiger partial charge in [0.2, 0.25) is 0 Å². The van der Waals surface area contributed by atoms with Crippen molar-refractivity contribution in [2.24, 2.45) is 0 Å². The Morgan fingerprint density at radius 1 is 1.07 bits per heavy atom. The SMILES string of the molecule is CCCOc1cc(Cl)ccc1-c1ccc(C(=O)O)c(CCc2ccccc2)n1. The van der Waals surface area contributed by atoms with Gasteiger partial charge in [-0.2, -0.15) is 0 Å². The van der Waals surface area contributed by atoms with Crippen LogP contribution in [0.4, 0.5) is 0 Å². The van der Waals surface area contributed by atoms with Crippen LogP contribution in [0.15, 0.2) is 60.7 Å². The number of nitrogens with zero attached hydrogens (tertiary/aromatic N) is 1. The number of aromatic nitrogens is 1. The number of hydrogen-bond acceptors (Lipinski definition) is 3. The molecule has 4 nitrogen and oxygen atoms in total. The zero-order chi connectivity index (χ0) is 19.9. The van der Waals surface area contributed by atoms with E-state index in [1.54, 1.807) is 24.3 Å². The molecule has 0 fully saturated rings. The molecule has 5 heteroatoms. The molecule has 2 aromatic carbocycles. The van der Waals surface area contributed by atoms with Crippen LogP contribution in [0.3, 0.4) is 0 Å². The first-order valence-electron chi connectivity index (χ1n) is 9.28. The number of rotatable bonds is 8. The Balaban J connectivity index is 1.96. The van der Waals surface area contributed by atoms with Crippen molar-refractivity contribution in [2.75, 3.05) is 6.61 Å². The minimum Gasteiger partial charge on any atom is -0.493 e. The van der Waals surface area contributed by atoms with Crippen molar-refractivity contribution in [1.29, 1.82) is 0 Å². The summed E-state index contributed by atoms with van der Waals surface area (Å²) in [7, 11) is 0. The van der Waals surface area contributed by atoms with Gasteiger partial charge in [0.1, 0.15) is 5.75 Å². The van der Waals surface area contributed by atoms with Gasteiger partial charge in [0, 0.05) is 10.6 Å². The lowest BCUT2D eigenvalue weighted by Crippen LogP contribution is -2.07. The molecular weight excluding hydrogens is 374 g/mol. The minimum atomic E-state index is -0.972. The molecule has 0 aliphatic rings. The summed E-state index contributed by atoms with van der Waals surface area (Å²) in [4.78, 5) is 16.3. The smallest absolute Gasteiger partial charge is 0.337 e. The molecular formula is C23H22ClNO3. The molecule has 144 valence electrons. The third kappa shape index (κ3) is 4.90. The Bertz CT molecular complexity index is 957. The summed E-state index contributed by atoms with van der Waals surface area (Å²) in [5.41, 5.74) is 3.41. The third-order valence-corrected chi connectivity index (χ3v) is 4.61. The van der Waals surface area contributed by atoms with Crippen molar-refractivity contribution in [2.45, 2.75) is 26.2 Å². The lowest BCUT2D eigenvalue weighted by molar-refractivity contribution is 0.0695. The summed E-state index contributed by atoms with van der Waals surface area (Å²) < 4.78 is 5.83. The van der Waals surface area contributed by atoms with Crippen molar-refractivity contribution in [3.8, 4) is 17.0 Å². The van der Waals surface area contributed by atoms with Gasteiger partial charge in [0.05, 0.1) is 23.6 Å². The summed E-state index contributed by atoms with van der Waals surface area (Å²) in [6.07, 6.45) is 2.13. The van der Waals surface area contributed by atoms with Gasteiger partial charge in [-0.25, -0.2) is 4.79 Å². The van der Waals surface area contributed by atoms with Crippen molar-refractivity contribution >= 4 is 17.6 Å². The monoisotopic (exact) mass is 395 g/mol. The van der Waals surface area contributed by atoms with E-state index in [1.807, 2.05) is 43.3 Å². The van der Waals surface area contributed by atoms with Crippen LogP contribution in [0.1, 0.15) is 35.0 Å². The van der Waals surface area contributed by atoms with Crippen LogP contribution >= 0.6 is 11.6 Å². The maximum atomic E-state index is 11.7. The maximum absolute atomic E-state index is 11.7. The zero-order valence-corrected chi connectivity index (χ0v) is 16.4. The number of hydrogen-bond donors (Lipinski definition) is 1. The average Bonchev–Trinajstić information content (AvgIpc) is 2.71. The van der Waals surface area contributed by atoms with Gasteiger partial charge >= 0.3 is 5.97 Å². The van der Waals surface area contributed by atoms with E-state index in [0.717, 1.165) is 24.0 Å². The first-order chi connectivity index (χ1) is 13.6. The molecule has 0 bridgehead atoms. The number of aromatic carboxylic acids is 1. The summed E-state index contributed by atoms with van der Waals surface area (Å²) in [5.74, 6) is -0.320. The van der Waals surface area contributed by atoms with E-state index in [4.69, 9.17) is 16.3 Å². The Morgan fingerprint density at radius 3 is 2.57 bits per heavy atom. The summed E-state index contributed by atoms with van der Waals surface area (Å²) >= 11 is 6.12. The maximum Gasteiger partial charge on any atom is 0.337 e. The molecule has 0 aliphatic heterocycles. The molecule has 28 heavy (non-hydrogen) atoms. The van der Waals surface area contributed by atoms with Gasteiger partial charge in [-0.15, -0.1) is 0 Å². The Hall–Kier alpha value is -2.85. The van der Waals surface area contributed by atoms with Crippen molar-refractivity contribution < 1.29 is 14.6 Å². The fourth-order valence-corrected chi connectivity index (χ4v) is 3.15. The van der Waals surface area contributed by atoms with Crippen LogP contribution in [0.2, 0.25) is 5.02 Å². The van der Waals surface area contributed by atoms with Crippen molar-refractivity contribution in [1.82, 2.24) is 4.98 Å². The molecule has 3 rings (SSSR count). The van der Waals surface area contributed by atoms with Gasteiger partial charge in [-0.1, -0.05) is 48.9 Å². The number of carboxylic acids is 1. The summed E-state index contributed by atoms with van der Waals surface area (Å²) in [6, 6.07) is 18.7. The van der Waals surface area contributed by atoms with Crippen LogP contribution in [0, 0.1) is 0 Å². The second-order valence-corrected chi connectivity index (χ2v) is 6.91. The average molecular weight is 396 g/mol. The van der Waals surface area contributed by atoms with Crippen LogP contribution in [-0.2, 0) is 12.8 Å². The number of ether oxygens (including phenoxy) is 1. The predicted molar refractivity (Wildman–Crippen MR) is 111 cm³/mol. The molecule has 1 heterocycles. The highest BCUT2D eigenvalue weighted by Gasteiger charge is 2.15. The van der Waals surface area contributed by atoms with E-state index < -0.39 is 5.97 Å². The molecule has 0 amide bonds. The number of benzene rings is 2. The number of aryl methyl sites for hydroxylation is 2. The zero-order valence-electron chi connectivity index (χ0n) is 15.7. The van der Waals surface area contributed by atoms with Crippen LogP contribution < -0.4 is 4.74 Å². The largest absolute Gasteiger partial charge is 0.493 e. The van der Waals surface area contributed by atoms with Crippen LogP contribution in [0.5, 0.6) is 5.75 Å². The quantitative estimate of drug-likeness (QED) is 0.533. The Morgan fingerprint density at radius 2 is 1.86 bits per heavy atom. The van der Waals surface area contributed by atoms with Gasteiger partial charge in [0.15, 0.2) is 0 Å². The fraction of sp³-hybridized carbons (Fsp3) is 0.217. The van der Waals surface area contributed by atoms with E-state index in [9.17, 15) is 9.90 Å². The van der Waals surface area contributed by atoms with Gasteiger partial charge in [0.25, 0.3) is 0 Å². The van der Waals surface area contributed by atoms with Gasteiger partial charge in [-0.3, -0.25) is 4.98 Å². The molecule has 0 saturated carbocycles. The summed E-state index contributed by atoms with van der Waals surface area (Å²) in [5, 5.41) is 10.1. The number of pyridine rings is 1. The fourth-order valence-electron chi connectivity index (χ4n) is 2.98. The second kappa shape index (κ2) is 9.38. The minimum absolute atomic E-state index is 0.227. The Labute approximate surface area is 169 Å². The van der Waals surface area contributed by atoms with E-state index in [-0.39, 0.29) is 5.56 Å². The molecule has 0 spiro atoms. The van der Waals surface area contributed by atoms with Crippen molar-refractivity contribution in [3.05, 3.63) is 82.5 Å². The van der Waals surface area contributed by atoms with Gasteiger partial charge in [-0.05, 0) is 55.2 Å². The lowest BCUT2D eigenvalue weighted by Gasteiger charge is -2.13. The Kier molecular flexibility index (Phi) is 6.66. The molecule has 1 aromatic heterocycles. The molecule has 3 aromatic rings. The molecule has 0 unspecified atom stereocenters. The lowest BCUT2D eigenvalue weighted by atomic mass is 10.0. The molecule has 1 N–H and O–H groups in total. The molecule has 0 aliphatic carbocycles. The number of carboxylic acid groups (broad SMARTS) is 1. The summed E-state index contributed by atoms with van der Waals surface area (Å²) in [6.45, 7) is 2.60. The highest BCUT2D eigenvalue weighted by molar-refractivity contribution is 6.30. The van der Waals surface area contributed by atoms with E-state index in [0.29, 0.717) is 35.2 Å². The van der Waals surface area contributed by atoms with E-state index in [2.05, 4.69) is 4.98 Å². The van der Waals surface area contributed by atoms with Crippen LogP contribution in [-0.4, -0.2) is 22.7 Å². The topological polar surface area (TPSA) is 59.4 Å².